The summed E-state index contributed by atoms with van der Waals surface area (Å²) in [5.41, 5.74) is 5.66. The molecular formula is C37H52O3. The van der Waals surface area contributed by atoms with Crippen molar-refractivity contribution >= 4 is 0 Å². The van der Waals surface area contributed by atoms with Gasteiger partial charge in [0.25, 0.3) is 0 Å². The van der Waals surface area contributed by atoms with E-state index in [4.69, 9.17) is 0 Å². The summed E-state index contributed by atoms with van der Waals surface area (Å²) in [4.78, 5) is 0. The second-order valence-electron chi connectivity index (χ2n) is 14.9. The van der Waals surface area contributed by atoms with Crippen LogP contribution in [0.25, 0.3) is 0 Å². The minimum Gasteiger partial charge on any atom is -0.508 e. The van der Waals surface area contributed by atoms with Gasteiger partial charge in [0.1, 0.15) is 17.2 Å². The Morgan fingerprint density at radius 1 is 0.550 bits per heavy atom. The smallest absolute Gasteiger partial charge is 0.123 e. The maximum atomic E-state index is 11.5. The van der Waals surface area contributed by atoms with Gasteiger partial charge in [0.15, 0.2) is 0 Å². The Morgan fingerprint density at radius 3 is 1.20 bits per heavy atom. The fourth-order valence-electron chi connectivity index (χ4n) is 5.32. The summed E-state index contributed by atoms with van der Waals surface area (Å²) in [6.07, 6.45) is 1.91. The Kier molecular flexibility index (Phi) is 8.53. The van der Waals surface area contributed by atoms with Crippen LogP contribution in [0.4, 0.5) is 0 Å². The third kappa shape index (κ3) is 6.19. The Labute approximate surface area is 243 Å². The number of aromatic hydroxyl groups is 3. The largest absolute Gasteiger partial charge is 0.508 e. The van der Waals surface area contributed by atoms with E-state index < -0.39 is 5.92 Å². The molecule has 3 aromatic carbocycles. The van der Waals surface area contributed by atoms with Gasteiger partial charge in [-0.3, -0.25) is 0 Å². The number of hydrogen-bond acceptors (Lipinski definition) is 3. The number of phenols is 3. The van der Waals surface area contributed by atoms with Crippen LogP contribution in [0.3, 0.4) is 0 Å². The summed E-state index contributed by atoms with van der Waals surface area (Å²) in [5.74, 6) is 0.270. The van der Waals surface area contributed by atoms with E-state index in [0.29, 0.717) is 5.75 Å². The monoisotopic (exact) mass is 544 g/mol. The number of benzene rings is 3. The molecule has 3 rings (SSSR count). The molecule has 0 aromatic heterocycles. The predicted octanol–water partition coefficient (Wildman–Crippen LogP) is 9.95. The van der Waals surface area contributed by atoms with E-state index in [2.05, 4.69) is 107 Å². The van der Waals surface area contributed by atoms with Crippen LogP contribution in [0.5, 0.6) is 17.2 Å². The molecule has 0 spiro atoms. The molecule has 3 heteroatoms. The first kappa shape index (κ1) is 31.6. The zero-order valence-corrected chi connectivity index (χ0v) is 27.0. The summed E-state index contributed by atoms with van der Waals surface area (Å²) in [5, 5.41) is 34.3. The summed E-state index contributed by atoms with van der Waals surface area (Å²) >= 11 is 0. The first-order valence-corrected chi connectivity index (χ1v) is 14.8. The molecule has 0 atom stereocenters. The van der Waals surface area contributed by atoms with Gasteiger partial charge in [0.05, 0.1) is 0 Å². The van der Waals surface area contributed by atoms with Crippen molar-refractivity contribution < 1.29 is 15.3 Å². The summed E-state index contributed by atoms with van der Waals surface area (Å²) in [7, 11) is 0. The molecule has 40 heavy (non-hydrogen) atoms. The van der Waals surface area contributed by atoms with Crippen LogP contribution < -0.4 is 0 Å². The van der Waals surface area contributed by atoms with Crippen LogP contribution in [0.1, 0.15) is 141 Å². The summed E-state index contributed by atoms with van der Waals surface area (Å²) < 4.78 is 0. The van der Waals surface area contributed by atoms with Crippen LogP contribution in [0, 0.1) is 0 Å². The average Bonchev–Trinajstić information content (AvgIpc) is 2.85. The van der Waals surface area contributed by atoms with Gasteiger partial charge < -0.3 is 15.3 Å². The number of hydrogen-bond donors (Lipinski definition) is 3. The molecule has 0 radical (unpaired) electrons. The van der Waals surface area contributed by atoms with Gasteiger partial charge in [-0.25, -0.2) is 0 Å². The quantitative estimate of drug-likeness (QED) is 0.259. The van der Waals surface area contributed by atoms with Crippen LogP contribution in [-0.2, 0) is 21.7 Å². The fraction of sp³-hybridized carbons (Fsp3) is 0.514. The van der Waals surface area contributed by atoms with E-state index >= 15 is 0 Å². The lowest BCUT2D eigenvalue weighted by Crippen LogP contribution is -2.20. The lowest BCUT2D eigenvalue weighted by molar-refractivity contribution is 0.422. The van der Waals surface area contributed by atoms with Crippen LogP contribution in [0.15, 0.2) is 48.5 Å². The van der Waals surface area contributed by atoms with Crippen LogP contribution >= 0.6 is 0 Å². The molecule has 0 unspecified atom stereocenters. The molecule has 0 bridgehead atoms. The molecule has 218 valence electrons. The van der Waals surface area contributed by atoms with Crippen molar-refractivity contribution in [1.29, 1.82) is 0 Å². The Morgan fingerprint density at radius 2 is 0.900 bits per heavy atom. The topological polar surface area (TPSA) is 60.7 Å². The van der Waals surface area contributed by atoms with Crippen molar-refractivity contribution in [1.82, 2.24) is 0 Å². The van der Waals surface area contributed by atoms with Crippen molar-refractivity contribution in [2.45, 2.75) is 124 Å². The fourth-order valence-corrected chi connectivity index (χ4v) is 5.32. The molecule has 3 nitrogen and oxygen atoms in total. The lowest BCUT2D eigenvalue weighted by atomic mass is 9.73. The SMILES string of the molecule is CCC(C)(C)c1ccc(O)c(C(c2cc(C(C)(C)C)c(O)c(C(C)(C)C)c2)c2cc(C(C)(C)CC)ccc2O)c1. The van der Waals surface area contributed by atoms with E-state index in [1.54, 1.807) is 12.1 Å². The maximum absolute atomic E-state index is 11.5. The Bertz CT molecular complexity index is 1260. The highest BCUT2D eigenvalue weighted by atomic mass is 16.3. The van der Waals surface area contributed by atoms with Crippen LogP contribution in [-0.4, -0.2) is 15.3 Å². The Hall–Kier alpha value is -2.94. The van der Waals surface area contributed by atoms with Gasteiger partial charge in [-0.05, 0) is 74.5 Å². The van der Waals surface area contributed by atoms with E-state index in [1.807, 2.05) is 12.1 Å². The van der Waals surface area contributed by atoms with E-state index in [1.165, 1.54) is 0 Å². The summed E-state index contributed by atoms with van der Waals surface area (Å²) in [6.45, 7) is 25.9. The van der Waals surface area contributed by atoms with Crippen molar-refractivity contribution in [3.63, 3.8) is 0 Å². The third-order valence-corrected chi connectivity index (χ3v) is 9.09. The van der Waals surface area contributed by atoms with Crippen molar-refractivity contribution in [3.05, 3.63) is 87.5 Å². The third-order valence-electron chi connectivity index (χ3n) is 9.09. The van der Waals surface area contributed by atoms with Gasteiger partial charge in [-0.2, -0.15) is 0 Å². The summed E-state index contributed by atoms with van der Waals surface area (Å²) in [6, 6.07) is 16.0. The normalized spacial score (nSPS) is 13.2. The predicted molar refractivity (Wildman–Crippen MR) is 169 cm³/mol. The molecule has 3 aromatic rings. The van der Waals surface area contributed by atoms with Gasteiger partial charge in [-0.15, -0.1) is 0 Å². The second kappa shape index (κ2) is 10.8. The van der Waals surface area contributed by atoms with Crippen molar-refractivity contribution in [2.75, 3.05) is 0 Å². The molecule has 0 aliphatic heterocycles. The number of rotatable bonds is 7. The van der Waals surface area contributed by atoms with Gasteiger partial charge in [0.2, 0.25) is 0 Å². The molecule has 3 N–H and O–H groups in total. The lowest BCUT2D eigenvalue weighted by Gasteiger charge is -2.32. The highest BCUT2D eigenvalue weighted by molar-refractivity contribution is 5.59. The minimum absolute atomic E-state index is 0.0802. The Balaban J connectivity index is 2.52. The molecule has 0 amide bonds. The average molecular weight is 545 g/mol. The maximum Gasteiger partial charge on any atom is 0.123 e. The molecule has 0 fully saturated rings. The van der Waals surface area contributed by atoms with E-state index in [0.717, 1.165) is 51.8 Å². The first-order valence-electron chi connectivity index (χ1n) is 14.8. The highest BCUT2D eigenvalue weighted by Crippen LogP contribution is 2.48. The van der Waals surface area contributed by atoms with Gasteiger partial charge in [-0.1, -0.05) is 119 Å². The van der Waals surface area contributed by atoms with Gasteiger partial charge >= 0.3 is 0 Å². The van der Waals surface area contributed by atoms with Crippen molar-refractivity contribution in [3.8, 4) is 17.2 Å². The highest BCUT2D eigenvalue weighted by Gasteiger charge is 2.32. The van der Waals surface area contributed by atoms with Crippen LogP contribution in [0.2, 0.25) is 0 Å². The minimum atomic E-state index is -0.442. The van der Waals surface area contributed by atoms with E-state index in [9.17, 15) is 15.3 Å². The standard InChI is InChI=1S/C37H52O3/c1-13-36(9,10)24-15-17-30(38)26(21-24)32(27-22-25(16-18-31(27)39)37(11,12)14-2)23-19-28(34(3,4)5)33(40)29(20-23)35(6,7)8/h15-22,32,38-40H,13-14H2,1-12H3. The molecular weight excluding hydrogens is 492 g/mol. The molecule has 0 aliphatic carbocycles. The molecule has 0 aliphatic rings. The zero-order chi connectivity index (χ0) is 30.4. The second-order valence-corrected chi connectivity index (χ2v) is 14.9. The van der Waals surface area contributed by atoms with E-state index in [-0.39, 0.29) is 33.2 Å². The molecule has 0 heterocycles. The molecule has 0 saturated heterocycles. The number of phenolic OH excluding ortho intramolecular Hbond substituents is 3. The van der Waals surface area contributed by atoms with Gasteiger partial charge in [0, 0.05) is 17.0 Å². The van der Waals surface area contributed by atoms with Crippen molar-refractivity contribution in [2.24, 2.45) is 0 Å². The zero-order valence-electron chi connectivity index (χ0n) is 27.0. The first-order chi connectivity index (χ1) is 18.2. The molecule has 0 saturated carbocycles.